The molecule has 2 saturated heterocycles. The smallest absolute Gasteiger partial charge is 0.251 e. The molecule has 2 aliphatic rings. The molecule has 13 nitrogen and oxygen atoms in total. The van der Waals surface area contributed by atoms with E-state index in [1.807, 2.05) is 83.6 Å². The molecule has 14 heteroatoms. The van der Waals surface area contributed by atoms with E-state index in [0.717, 1.165) is 66.7 Å². The molecule has 0 aliphatic carbocycles. The van der Waals surface area contributed by atoms with Crippen LogP contribution < -0.4 is 26.2 Å². The summed E-state index contributed by atoms with van der Waals surface area (Å²) in [5, 5.41) is 22.2. The zero-order chi connectivity index (χ0) is 38.3. The van der Waals surface area contributed by atoms with Gasteiger partial charge in [0.1, 0.15) is 12.1 Å². The second kappa shape index (κ2) is 17.6. The van der Waals surface area contributed by atoms with Gasteiger partial charge in [0.05, 0.1) is 34.8 Å². The highest BCUT2D eigenvalue weighted by Gasteiger charge is 2.44. The fourth-order valence-electron chi connectivity index (χ4n) is 6.81. The number of thiazole rings is 1. The summed E-state index contributed by atoms with van der Waals surface area (Å²) >= 11 is 1.57. The third kappa shape index (κ3) is 10.2. The maximum absolute atomic E-state index is 14.0. The number of β-amino-alcohol motifs (C(OH)–C–C–N with tert-alkyl or cyclic N) is 1. The molecule has 0 saturated carbocycles. The van der Waals surface area contributed by atoms with Crippen LogP contribution in [0, 0.1) is 12.3 Å². The maximum Gasteiger partial charge on any atom is 0.251 e. The first kappa shape index (κ1) is 39.8. The number of nitrogens with one attached hydrogen (secondary N) is 4. The van der Waals surface area contributed by atoms with Crippen LogP contribution in [0.25, 0.3) is 10.4 Å². The Morgan fingerprint density at radius 3 is 2.26 bits per heavy atom. The third-order valence-corrected chi connectivity index (χ3v) is 11.0. The molecule has 3 heterocycles. The number of aryl methyl sites for hydroxylation is 1. The normalized spacial score (nSPS) is 19.1. The summed E-state index contributed by atoms with van der Waals surface area (Å²) < 4.78 is 0. The van der Waals surface area contributed by atoms with E-state index >= 15 is 0 Å². The van der Waals surface area contributed by atoms with Crippen LogP contribution in [0.3, 0.4) is 0 Å². The number of aliphatic hydroxyl groups is 1. The first-order chi connectivity index (χ1) is 25.2. The molecule has 3 aromatic rings. The number of aromatic nitrogens is 1. The lowest BCUT2D eigenvalue weighted by molar-refractivity contribution is -0.144. The van der Waals surface area contributed by atoms with Crippen molar-refractivity contribution < 1.29 is 24.3 Å². The molecule has 0 bridgehead atoms. The number of carbonyl (C=O) groups excluding carboxylic acids is 4. The minimum atomic E-state index is -1.01. The van der Waals surface area contributed by atoms with Gasteiger partial charge in [0.2, 0.25) is 17.7 Å². The van der Waals surface area contributed by atoms with Crippen molar-refractivity contribution in [2.24, 2.45) is 5.41 Å². The Hall–Kier alpha value is -4.37. The van der Waals surface area contributed by atoms with Crippen molar-refractivity contribution in [2.75, 3.05) is 64.3 Å². The average molecular weight is 747 g/mol. The monoisotopic (exact) mass is 746 g/mol. The van der Waals surface area contributed by atoms with E-state index in [4.69, 9.17) is 0 Å². The van der Waals surface area contributed by atoms with Gasteiger partial charge >= 0.3 is 0 Å². The first-order valence-corrected chi connectivity index (χ1v) is 19.2. The quantitative estimate of drug-likeness (QED) is 0.177. The summed E-state index contributed by atoms with van der Waals surface area (Å²) in [6.07, 6.45) is -0.803. The van der Waals surface area contributed by atoms with Crippen LogP contribution in [0.15, 0.2) is 54.0 Å². The summed E-state index contributed by atoms with van der Waals surface area (Å²) in [7, 11) is 1.96. The molecule has 1 aromatic heterocycles. The summed E-state index contributed by atoms with van der Waals surface area (Å²) in [5.74, 6) is -1.78. The number of hydrogen-bond donors (Lipinski definition) is 5. The molecule has 2 aromatic carbocycles. The minimum absolute atomic E-state index is 0.0323. The van der Waals surface area contributed by atoms with Crippen molar-refractivity contribution in [3.05, 3.63) is 70.9 Å². The number of benzene rings is 2. The van der Waals surface area contributed by atoms with Crippen LogP contribution in [0.2, 0.25) is 0 Å². The molecular weight excluding hydrogens is 693 g/mol. The summed E-state index contributed by atoms with van der Waals surface area (Å²) in [5.41, 5.74) is 5.46. The van der Waals surface area contributed by atoms with Gasteiger partial charge in [0.25, 0.3) is 5.91 Å². The Labute approximate surface area is 316 Å². The Morgan fingerprint density at radius 1 is 0.981 bits per heavy atom. The molecule has 0 radical (unpaired) electrons. The largest absolute Gasteiger partial charge is 0.391 e. The molecule has 4 amide bonds. The van der Waals surface area contributed by atoms with Crippen LogP contribution in [0.5, 0.6) is 0 Å². The molecule has 0 spiro atoms. The van der Waals surface area contributed by atoms with E-state index < -0.39 is 41.3 Å². The van der Waals surface area contributed by atoms with Gasteiger partial charge in [-0.2, -0.15) is 0 Å². The lowest BCUT2D eigenvalue weighted by Crippen LogP contribution is -2.58. The molecule has 286 valence electrons. The number of likely N-dealkylation sites (N-methyl/N-ethyl adjacent to an activating group) is 1. The summed E-state index contributed by atoms with van der Waals surface area (Å²) in [4.78, 5) is 65.2. The number of rotatable bonds is 13. The average Bonchev–Trinajstić information content (AvgIpc) is 3.76. The second-order valence-electron chi connectivity index (χ2n) is 15.0. The van der Waals surface area contributed by atoms with Gasteiger partial charge in [0, 0.05) is 63.5 Å². The molecule has 4 atom stereocenters. The molecule has 5 N–H and O–H groups in total. The van der Waals surface area contributed by atoms with Gasteiger partial charge in [-0.1, -0.05) is 45.0 Å². The van der Waals surface area contributed by atoms with Crippen LogP contribution in [0.4, 0.5) is 5.69 Å². The highest BCUT2D eigenvalue weighted by Crippen LogP contribution is 2.29. The minimum Gasteiger partial charge on any atom is -0.391 e. The zero-order valence-electron chi connectivity index (χ0n) is 31.6. The van der Waals surface area contributed by atoms with Gasteiger partial charge in [-0.15, -0.1) is 11.3 Å². The van der Waals surface area contributed by atoms with Gasteiger partial charge < -0.3 is 36.2 Å². The van der Waals surface area contributed by atoms with Crippen molar-refractivity contribution in [2.45, 2.75) is 65.3 Å². The van der Waals surface area contributed by atoms with E-state index in [2.05, 4.69) is 36.1 Å². The van der Waals surface area contributed by atoms with E-state index in [1.54, 1.807) is 23.5 Å². The highest BCUT2D eigenvalue weighted by molar-refractivity contribution is 7.13. The highest BCUT2D eigenvalue weighted by atomic mass is 32.1. The lowest BCUT2D eigenvalue weighted by Gasteiger charge is -2.36. The summed E-state index contributed by atoms with van der Waals surface area (Å²) in [6, 6.07) is 13.0. The van der Waals surface area contributed by atoms with Crippen LogP contribution >= 0.6 is 11.3 Å². The lowest BCUT2D eigenvalue weighted by atomic mass is 9.85. The number of anilines is 1. The van der Waals surface area contributed by atoms with Crippen LogP contribution in [0.1, 0.15) is 61.8 Å². The fraction of sp³-hybridized carbons (Fsp3) is 0.513. The van der Waals surface area contributed by atoms with Crippen molar-refractivity contribution in [1.29, 1.82) is 0 Å². The predicted molar refractivity (Wildman–Crippen MR) is 208 cm³/mol. The Kier molecular flexibility index (Phi) is 13.3. The molecule has 5 rings (SSSR count). The zero-order valence-corrected chi connectivity index (χ0v) is 32.5. The first-order valence-electron chi connectivity index (χ1n) is 18.3. The Morgan fingerprint density at radius 2 is 1.66 bits per heavy atom. The molecule has 2 aliphatic heterocycles. The molecule has 53 heavy (non-hydrogen) atoms. The van der Waals surface area contributed by atoms with Crippen molar-refractivity contribution >= 4 is 40.7 Å². The number of carbonyl (C=O) groups is 4. The topological polar surface area (TPSA) is 159 Å². The number of amides is 4. The number of nitrogens with zero attached hydrogens (tertiary/aromatic N) is 4. The number of hydrogen-bond acceptors (Lipinski definition) is 10. The SMILES string of the molecule is CNCCN1CCN(c2ccc(C(=O)NCC(=O)N[C@H](C(=O)N3C[C@H](O)C[C@H]3C(=O)N[C@@H](C)c3ccc(-c4scnc4C)cc3)C(C)(C)C)cc2)CC1. The number of piperazine rings is 1. The Balaban J connectivity index is 1.15. The van der Waals surface area contributed by atoms with Gasteiger partial charge in [-0.3, -0.25) is 24.1 Å². The molecule has 2 fully saturated rings. The second-order valence-corrected chi connectivity index (χ2v) is 15.9. The third-order valence-electron chi connectivity index (χ3n) is 10.0. The molecule has 0 unspecified atom stereocenters. The van der Waals surface area contributed by atoms with Crippen molar-refractivity contribution in [1.82, 2.24) is 36.1 Å². The van der Waals surface area contributed by atoms with Gasteiger partial charge in [-0.05, 0) is 61.7 Å². The molecular formula is C39H54N8O5S. The Bertz CT molecular complexity index is 1720. The standard InChI is InChI=1S/C39H54N8O5S/c1-25(27-7-9-28(10-8-27)34-26(2)42-24-53-34)43-37(51)32-21-31(48)23-47(32)38(52)35(39(3,4)5)44-33(49)22-41-36(50)29-11-13-30(14-12-29)46-19-17-45(18-20-46)16-15-40-6/h7-14,24-25,31-32,35,40,48H,15-23H2,1-6H3,(H,41,50)(H,43,51)(H,44,49)/t25-,31+,32-,35+/m0/s1. The van der Waals surface area contributed by atoms with Gasteiger partial charge in [0.15, 0.2) is 0 Å². The summed E-state index contributed by atoms with van der Waals surface area (Å²) in [6.45, 7) is 14.7. The van der Waals surface area contributed by atoms with E-state index in [9.17, 15) is 24.3 Å². The van der Waals surface area contributed by atoms with E-state index in [0.29, 0.717) is 5.56 Å². The fourth-order valence-corrected chi connectivity index (χ4v) is 7.62. The number of likely N-dealkylation sites (tertiary alicyclic amines) is 1. The van der Waals surface area contributed by atoms with Crippen LogP contribution in [-0.2, 0) is 14.4 Å². The van der Waals surface area contributed by atoms with E-state index in [-0.39, 0.29) is 31.5 Å². The number of aliphatic hydroxyl groups excluding tert-OH is 1. The van der Waals surface area contributed by atoms with Crippen LogP contribution in [-0.4, -0.2) is 121 Å². The van der Waals surface area contributed by atoms with Crippen molar-refractivity contribution in [3.63, 3.8) is 0 Å². The van der Waals surface area contributed by atoms with Crippen molar-refractivity contribution in [3.8, 4) is 10.4 Å². The maximum atomic E-state index is 14.0. The van der Waals surface area contributed by atoms with Gasteiger partial charge in [-0.25, -0.2) is 4.98 Å². The van der Waals surface area contributed by atoms with E-state index in [1.165, 1.54) is 4.90 Å². The predicted octanol–water partition coefficient (Wildman–Crippen LogP) is 2.56.